The fourth-order valence-corrected chi connectivity index (χ4v) is 2.54. The van der Waals surface area contributed by atoms with Crippen LogP contribution in [-0.4, -0.2) is 10.2 Å². The normalized spacial score (nSPS) is 10.9. The Balaban J connectivity index is 2.13. The van der Waals surface area contributed by atoms with Gasteiger partial charge in [-0.2, -0.15) is 0 Å². The zero-order valence-corrected chi connectivity index (χ0v) is 12.9. The van der Waals surface area contributed by atoms with E-state index in [1.54, 1.807) is 0 Å². The van der Waals surface area contributed by atoms with Crippen LogP contribution in [0.4, 0.5) is 0 Å². The number of aromatic nitrogens is 2. The Morgan fingerprint density at radius 1 is 0.952 bits per heavy atom. The molecule has 0 aliphatic heterocycles. The van der Waals surface area contributed by atoms with E-state index < -0.39 is 0 Å². The number of aryl methyl sites for hydroxylation is 2. The summed E-state index contributed by atoms with van der Waals surface area (Å²) >= 11 is 6.08. The van der Waals surface area contributed by atoms with Crippen LogP contribution >= 0.6 is 11.6 Å². The van der Waals surface area contributed by atoms with Crippen molar-refractivity contribution in [3.8, 4) is 11.6 Å². The van der Waals surface area contributed by atoms with Gasteiger partial charge in [0.15, 0.2) is 5.15 Å². The molecule has 3 rings (SSSR count). The van der Waals surface area contributed by atoms with Gasteiger partial charge in [-0.15, -0.1) is 10.2 Å². The van der Waals surface area contributed by atoms with Crippen LogP contribution in [0.5, 0.6) is 11.6 Å². The molecule has 0 amide bonds. The minimum atomic E-state index is 0.384. The zero-order valence-electron chi connectivity index (χ0n) is 12.1. The van der Waals surface area contributed by atoms with E-state index in [9.17, 15) is 0 Å². The Morgan fingerprint density at radius 2 is 1.67 bits per heavy atom. The van der Waals surface area contributed by atoms with Gasteiger partial charge in [-0.05, 0) is 49.6 Å². The maximum atomic E-state index is 6.08. The summed E-state index contributed by atoms with van der Waals surface area (Å²) in [6.45, 7) is 6.15. The van der Waals surface area contributed by atoms with E-state index in [0.717, 1.165) is 27.6 Å². The highest BCUT2D eigenvalue weighted by atomic mass is 35.5. The van der Waals surface area contributed by atoms with Crippen molar-refractivity contribution in [2.24, 2.45) is 0 Å². The SMILES string of the molecule is Cc1cc(C)c(C)c(Oc2nnc(Cl)c3ccccc23)c1. The van der Waals surface area contributed by atoms with E-state index >= 15 is 0 Å². The van der Waals surface area contributed by atoms with Crippen molar-refractivity contribution in [1.29, 1.82) is 0 Å². The number of ether oxygens (including phenoxy) is 1. The molecule has 1 aromatic heterocycles. The van der Waals surface area contributed by atoms with Crippen molar-refractivity contribution in [3.63, 3.8) is 0 Å². The fraction of sp³-hybridized carbons (Fsp3) is 0.176. The highest BCUT2D eigenvalue weighted by Gasteiger charge is 2.11. The molecular formula is C17H15ClN2O. The summed E-state index contributed by atoms with van der Waals surface area (Å²) in [5.41, 5.74) is 3.44. The minimum Gasteiger partial charge on any atom is -0.437 e. The molecule has 0 aliphatic carbocycles. The van der Waals surface area contributed by atoms with Crippen molar-refractivity contribution < 1.29 is 4.74 Å². The van der Waals surface area contributed by atoms with Crippen molar-refractivity contribution in [2.75, 3.05) is 0 Å². The number of hydrogen-bond acceptors (Lipinski definition) is 3. The molecule has 0 unspecified atom stereocenters. The van der Waals surface area contributed by atoms with Gasteiger partial charge in [0, 0.05) is 10.8 Å². The maximum absolute atomic E-state index is 6.08. The molecule has 3 nitrogen and oxygen atoms in total. The smallest absolute Gasteiger partial charge is 0.246 e. The van der Waals surface area contributed by atoms with E-state index in [1.807, 2.05) is 44.2 Å². The van der Waals surface area contributed by atoms with E-state index in [0.29, 0.717) is 11.0 Å². The van der Waals surface area contributed by atoms with Crippen molar-refractivity contribution >= 4 is 22.4 Å². The summed E-state index contributed by atoms with van der Waals surface area (Å²) in [4.78, 5) is 0. The largest absolute Gasteiger partial charge is 0.437 e. The van der Waals surface area contributed by atoms with Gasteiger partial charge in [0.1, 0.15) is 5.75 Å². The molecule has 0 spiro atoms. The zero-order chi connectivity index (χ0) is 15.0. The summed E-state index contributed by atoms with van der Waals surface area (Å²) < 4.78 is 6.01. The van der Waals surface area contributed by atoms with Crippen LogP contribution in [0.1, 0.15) is 16.7 Å². The summed E-state index contributed by atoms with van der Waals surface area (Å²) in [5, 5.41) is 10.1. The molecule has 3 aromatic rings. The van der Waals surface area contributed by atoms with Crippen LogP contribution in [0.2, 0.25) is 5.15 Å². The van der Waals surface area contributed by atoms with E-state index in [-0.39, 0.29) is 0 Å². The molecule has 0 atom stereocenters. The predicted molar refractivity (Wildman–Crippen MR) is 85.3 cm³/mol. The second-order valence-electron chi connectivity index (χ2n) is 5.15. The quantitative estimate of drug-likeness (QED) is 0.667. The summed E-state index contributed by atoms with van der Waals surface area (Å²) in [5.74, 6) is 1.28. The lowest BCUT2D eigenvalue weighted by atomic mass is 10.1. The molecule has 0 fully saturated rings. The second kappa shape index (κ2) is 5.34. The van der Waals surface area contributed by atoms with Gasteiger partial charge < -0.3 is 4.74 Å². The number of rotatable bonds is 2. The molecule has 0 bridgehead atoms. The number of fused-ring (bicyclic) bond motifs is 1. The van der Waals surface area contributed by atoms with Gasteiger partial charge >= 0.3 is 0 Å². The van der Waals surface area contributed by atoms with Crippen LogP contribution in [0, 0.1) is 20.8 Å². The molecule has 1 heterocycles. The highest BCUT2D eigenvalue weighted by Crippen LogP contribution is 2.33. The van der Waals surface area contributed by atoms with Crippen molar-refractivity contribution in [3.05, 3.63) is 58.2 Å². The second-order valence-corrected chi connectivity index (χ2v) is 5.51. The van der Waals surface area contributed by atoms with Crippen LogP contribution in [-0.2, 0) is 0 Å². The number of hydrogen-bond donors (Lipinski definition) is 0. The molecule has 0 saturated heterocycles. The highest BCUT2D eigenvalue weighted by molar-refractivity contribution is 6.34. The molecule has 4 heteroatoms. The van der Waals surface area contributed by atoms with Crippen LogP contribution in [0.15, 0.2) is 36.4 Å². The lowest BCUT2D eigenvalue weighted by Gasteiger charge is -2.12. The molecule has 0 radical (unpaired) electrons. The topological polar surface area (TPSA) is 35.0 Å². The Bertz CT molecular complexity index is 830. The number of halogens is 1. The molecule has 106 valence electrons. The van der Waals surface area contributed by atoms with Crippen LogP contribution < -0.4 is 4.74 Å². The van der Waals surface area contributed by atoms with Gasteiger partial charge in [-0.3, -0.25) is 0 Å². The number of benzene rings is 2. The van der Waals surface area contributed by atoms with E-state index in [4.69, 9.17) is 16.3 Å². The standard InChI is InChI=1S/C17H15ClN2O/c1-10-8-11(2)12(3)15(9-10)21-17-14-7-5-4-6-13(14)16(18)19-20-17/h4-9H,1-3H3. The maximum Gasteiger partial charge on any atom is 0.246 e. The van der Waals surface area contributed by atoms with Gasteiger partial charge in [-0.1, -0.05) is 35.9 Å². The lowest BCUT2D eigenvalue weighted by molar-refractivity contribution is 0.457. The summed E-state index contributed by atoms with van der Waals surface area (Å²) in [6.07, 6.45) is 0. The first-order chi connectivity index (χ1) is 10.1. The predicted octanol–water partition coefficient (Wildman–Crippen LogP) is 5.00. The van der Waals surface area contributed by atoms with Crippen LogP contribution in [0.25, 0.3) is 10.8 Å². The Labute approximate surface area is 128 Å². The summed E-state index contributed by atoms with van der Waals surface area (Å²) in [7, 11) is 0. The molecule has 0 aliphatic rings. The third-order valence-electron chi connectivity index (χ3n) is 3.58. The van der Waals surface area contributed by atoms with Crippen LogP contribution in [0.3, 0.4) is 0 Å². The minimum absolute atomic E-state index is 0.384. The van der Waals surface area contributed by atoms with Crippen molar-refractivity contribution in [2.45, 2.75) is 20.8 Å². The Morgan fingerprint density at radius 3 is 2.43 bits per heavy atom. The first-order valence-electron chi connectivity index (χ1n) is 6.73. The third-order valence-corrected chi connectivity index (χ3v) is 3.86. The Kier molecular flexibility index (Phi) is 3.52. The van der Waals surface area contributed by atoms with Gasteiger partial charge in [0.25, 0.3) is 0 Å². The molecule has 0 saturated carbocycles. The van der Waals surface area contributed by atoms with Gasteiger partial charge in [0.2, 0.25) is 5.88 Å². The lowest BCUT2D eigenvalue weighted by Crippen LogP contribution is -1.96. The molecule has 2 aromatic carbocycles. The molecule has 0 N–H and O–H groups in total. The van der Waals surface area contributed by atoms with E-state index in [1.165, 1.54) is 5.56 Å². The van der Waals surface area contributed by atoms with Crippen molar-refractivity contribution in [1.82, 2.24) is 10.2 Å². The molecule has 21 heavy (non-hydrogen) atoms. The number of nitrogens with zero attached hydrogens (tertiary/aromatic N) is 2. The molecular weight excluding hydrogens is 284 g/mol. The average Bonchev–Trinajstić information content (AvgIpc) is 2.47. The first kappa shape index (κ1) is 13.8. The monoisotopic (exact) mass is 298 g/mol. The van der Waals surface area contributed by atoms with Gasteiger partial charge in [-0.25, -0.2) is 0 Å². The third kappa shape index (κ3) is 2.57. The van der Waals surface area contributed by atoms with Gasteiger partial charge in [0.05, 0.1) is 0 Å². The first-order valence-corrected chi connectivity index (χ1v) is 7.10. The fourth-order valence-electron chi connectivity index (χ4n) is 2.33. The Hall–Kier alpha value is -2.13. The average molecular weight is 299 g/mol. The van der Waals surface area contributed by atoms with E-state index in [2.05, 4.69) is 23.2 Å². The summed E-state index contributed by atoms with van der Waals surface area (Å²) in [6, 6.07) is 11.8.